The van der Waals surface area contributed by atoms with E-state index in [1.165, 1.54) is 7.11 Å². The number of fused-ring (bicyclic) bond motifs is 5. The Balaban J connectivity index is 1.72. The molecular formula is C32H38O8. The second-order valence-corrected chi connectivity index (χ2v) is 12.4. The van der Waals surface area contributed by atoms with Crippen molar-refractivity contribution in [2.75, 3.05) is 7.11 Å². The van der Waals surface area contributed by atoms with Crippen LogP contribution in [0.25, 0.3) is 0 Å². The molecule has 3 aliphatic carbocycles. The van der Waals surface area contributed by atoms with E-state index >= 15 is 0 Å². The summed E-state index contributed by atoms with van der Waals surface area (Å²) in [5.74, 6) is -1.85. The largest absolute Gasteiger partial charge is 0.472 e. The number of Topliss-reactive ketones (excluding diaryl/α,β-unsaturated/α-hetero) is 1. The van der Waals surface area contributed by atoms with Crippen molar-refractivity contribution in [2.45, 2.75) is 78.9 Å². The summed E-state index contributed by atoms with van der Waals surface area (Å²) in [5, 5.41) is 0. The van der Waals surface area contributed by atoms with Gasteiger partial charge in [0.15, 0.2) is 0 Å². The second-order valence-electron chi connectivity index (χ2n) is 12.4. The van der Waals surface area contributed by atoms with Gasteiger partial charge in [0.25, 0.3) is 0 Å². The van der Waals surface area contributed by atoms with Crippen LogP contribution in [0.15, 0.2) is 58.0 Å². The Morgan fingerprint density at radius 3 is 2.60 bits per heavy atom. The zero-order valence-electron chi connectivity index (χ0n) is 24.1. The molecule has 8 nitrogen and oxygen atoms in total. The number of hydrogen-bond donors (Lipinski definition) is 0. The second kappa shape index (κ2) is 9.89. The van der Waals surface area contributed by atoms with E-state index in [1.807, 2.05) is 32.1 Å². The maximum Gasteiger partial charge on any atom is 0.333 e. The summed E-state index contributed by atoms with van der Waals surface area (Å²) >= 11 is 0. The number of carbonyl (C=O) groups is 4. The molecule has 5 rings (SSSR count). The molecule has 0 spiro atoms. The fourth-order valence-electron chi connectivity index (χ4n) is 7.91. The fraction of sp³-hybridized carbons (Fsp3) is 0.562. The molecule has 1 aromatic rings. The maximum absolute atomic E-state index is 14.1. The summed E-state index contributed by atoms with van der Waals surface area (Å²) in [4.78, 5) is 52.9. The predicted octanol–water partition coefficient (Wildman–Crippen LogP) is 5.59. The Kier molecular flexibility index (Phi) is 6.95. The van der Waals surface area contributed by atoms with Crippen molar-refractivity contribution in [3.8, 4) is 0 Å². The van der Waals surface area contributed by atoms with Crippen molar-refractivity contribution < 1.29 is 37.8 Å². The minimum atomic E-state index is -0.926. The molecule has 7 atom stereocenters. The van der Waals surface area contributed by atoms with Crippen LogP contribution in [-0.2, 0) is 33.4 Å². The lowest BCUT2D eigenvalue weighted by Gasteiger charge is -2.53. The zero-order chi connectivity index (χ0) is 29.0. The van der Waals surface area contributed by atoms with Gasteiger partial charge in [0.1, 0.15) is 18.0 Å². The van der Waals surface area contributed by atoms with Gasteiger partial charge in [0.05, 0.1) is 26.1 Å². The Labute approximate surface area is 234 Å². The van der Waals surface area contributed by atoms with Crippen molar-refractivity contribution in [2.24, 2.45) is 28.1 Å². The van der Waals surface area contributed by atoms with Crippen LogP contribution >= 0.6 is 0 Å². The summed E-state index contributed by atoms with van der Waals surface area (Å²) < 4.78 is 22.4. The lowest BCUT2D eigenvalue weighted by atomic mass is 9.52. The molecule has 1 aliphatic heterocycles. The van der Waals surface area contributed by atoms with Gasteiger partial charge in [-0.2, -0.15) is 0 Å². The van der Waals surface area contributed by atoms with E-state index in [0.717, 1.165) is 16.7 Å². The molecule has 2 heterocycles. The van der Waals surface area contributed by atoms with Gasteiger partial charge in [-0.25, -0.2) is 4.79 Å². The molecule has 40 heavy (non-hydrogen) atoms. The van der Waals surface area contributed by atoms with Gasteiger partial charge >= 0.3 is 17.9 Å². The van der Waals surface area contributed by atoms with Crippen LogP contribution in [0, 0.1) is 28.1 Å². The molecule has 0 aromatic carbocycles. The topological polar surface area (TPSA) is 109 Å². The summed E-state index contributed by atoms with van der Waals surface area (Å²) in [7, 11) is 1.34. The quantitative estimate of drug-likeness (QED) is 0.265. The smallest absolute Gasteiger partial charge is 0.333 e. The van der Waals surface area contributed by atoms with Crippen LogP contribution in [0.2, 0.25) is 0 Å². The third-order valence-corrected chi connectivity index (χ3v) is 10.4. The maximum atomic E-state index is 14.1. The number of ether oxygens (including phenoxy) is 3. The fourth-order valence-corrected chi connectivity index (χ4v) is 7.91. The molecule has 8 heteroatoms. The van der Waals surface area contributed by atoms with E-state index < -0.39 is 46.3 Å². The Morgan fingerprint density at radius 1 is 1.20 bits per heavy atom. The molecule has 4 aliphatic rings. The van der Waals surface area contributed by atoms with Gasteiger partial charge < -0.3 is 18.6 Å². The van der Waals surface area contributed by atoms with Gasteiger partial charge in [-0.3, -0.25) is 14.4 Å². The third kappa shape index (κ3) is 4.10. The van der Waals surface area contributed by atoms with Crippen LogP contribution < -0.4 is 0 Å². The number of esters is 3. The van der Waals surface area contributed by atoms with Crippen LogP contribution in [0.5, 0.6) is 0 Å². The predicted molar refractivity (Wildman–Crippen MR) is 144 cm³/mol. The van der Waals surface area contributed by atoms with Crippen molar-refractivity contribution in [1.29, 1.82) is 0 Å². The molecule has 1 saturated carbocycles. The van der Waals surface area contributed by atoms with Crippen LogP contribution in [0.3, 0.4) is 0 Å². The normalized spacial score (nSPS) is 37.2. The first-order valence-corrected chi connectivity index (χ1v) is 14.0. The molecular weight excluding hydrogens is 512 g/mol. The summed E-state index contributed by atoms with van der Waals surface area (Å²) in [6.07, 6.45) is 9.05. The van der Waals surface area contributed by atoms with Crippen LogP contribution in [0.1, 0.15) is 78.4 Å². The van der Waals surface area contributed by atoms with E-state index in [4.69, 9.17) is 18.6 Å². The Morgan fingerprint density at radius 2 is 1.95 bits per heavy atom. The highest BCUT2D eigenvalue weighted by Gasteiger charge is 2.66. The molecule has 0 unspecified atom stereocenters. The molecule has 0 amide bonds. The number of cyclic esters (lactones) is 1. The Bertz CT molecular complexity index is 1330. The van der Waals surface area contributed by atoms with E-state index in [9.17, 15) is 19.2 Å². The minimum Gasteiger partial charge on any atom is -0.472 e. The molecule has 1 saturated heterocycles. The monoisotopic (exact) mass is 550 g/mol. The number of methoxy groups -OCH3 is 1. The molecule has 2 bridgehead atoms. The lowest BCUT2D eigenvalue weighted by Crippen LogP contribution is -2.50. The molecule has 0 N–H and O–H groups in total. The third-order valence-electron chi connectivity index (χ3n) is 10.4. The van der Waals surface area contributed by atoms with Gasteiger partial charge in [0, 0.05) is 40.2 Å². The molecule has 0 radical (unpaired) electrons. The summed E-state index contributed by atoms with van der Waals surface area (Å²) in [6, 6.07) is 1.82. The van der Waals surface area contributed by atoms with Gasteiger partial charge in [-0.05, 0) is 61.8 Å². The number of hydrogen-bond acceptors (Lipinski definition) is 8. The standard InChI is InChI=1S/C32H38O8/c1-7-18(2)29(36)39-25-9-8-20-21(32(5)23(15-26(34)37-6)31(25,4)16-24(32)33)10-12-30(3)22(20)14-27(35)40-28(30)19-11-13-38-17-19/h7-9,11,13,17,21,23,25,28H,10,12,14-16H2,1-6H3/b9-8?,18-7+/t21-,23-,25+,28-,30+,31+,32+/m0/s1. The van der Waals surface area contributed by atoms with Gasteiger partial charge in [-0.1, -0.05) is 32.9 Å². The van der Waals surface area contributed by atoms with Gasteiger partial charge in [0.2, 0.25) is 0 Å². The van der Waals surface area contributed by atoms with E-state index in [1.54, 1.807) is 32.4 Å². The molecule has 1 aromatic heterocycles. The van der Waals surface area contributed by atoms with Crippen molar-refractivity contribution in [1.82, 2.24) is 0 Å². The van der Waals surface area contributed by atoms with Crippen molar-refractivity contribution in [3.63, 3.8) is 0 Å². The molecule has 214 valence electrons. The number of carbonyl (C=O) groups excluding carboxylic acids is 4. The van der Waals surface area contributed by atoms with Crippen LogP contribution in [0.4, 0.5) is 0 Å². The number of allylic oxidation sites excluding steroid dienone is 3. The van der Waals surface area contributed by atoms with Crippen LogP contribution in [-0.4, -0.2) is 36.9 Å². The summed E-state index contributed by atoms with van der Waals surface area (Å²) in [5.41, 5.74) is 0.816. The average molecular weight is 551 g/mol. The SMILES string of the molecule is C/C=C(\C)C(=O)O[C@@H]1C=CC2=C3CC(=O)O[C@@H](c4ccoc4)[C@]3(C)CC[C@@H]2[C@@]2(C)C(=O)C[C@]1(C)[C@@H]2CC(=O)OC. The highest BCUT2D eigenvalue weighted by atomic mass is 16.6. The van der Waals surface area contributed by atoms with E-state index in [-0.39, 0.29) is 36.9 Å². The Hall–Kier alpha value is -3.42. The zero-order valence-corrected chi connectivity index (χ0v) is 24.1. The first kappa shape index (κ1) is 28.1. The van der Waals surface area contributed by atoms with Crippen molar-refractivity contribution in [3.05, 3.63) is 59.1 Å². The number of ketones is 1. The summed E-state index contributed by atoms with van der Waals surface area (Å²) in [6.45, 7) is 9.44. The molecule has 2 fully saturated rings. The minimum absolute atomic E-state index is 0.0236. The highest BCUT2D eigenvalue weighted by Crippen LogP contribution is 2.66. The first-order chi connectivity index (χ1) is 18.9. The lowest BCUT2D eigenvalue weighted by molar-refractivity contribution is -0.162. The number of furan rings is 1. The van der Waals surface area contributed by atoms with E-state index in [2.05, 4.69) is 6.92 Å². The van der Waals surface area contributed by atoms with Gasteiger partial charge in [-0.15, -0.1) is 0 Å². The van der Waals surface area contributed by atoms with E-state index in [0.29, 0.717) is 18.4 Å². The first-order valence-electron chi connectivity index (χ1n) is 14.0. The van der Waals surface area contributed by atoms with Crippen molar-refractivity contribution >= 4 is 23.7 Å². The average Bonchev–Trinajstić information content (AvgIpc) is 3.52. The highest BCUT2D eigenvalue weighted by molar-refractivity contribution is 5.91. The number of rotatable bonds is 5.